The molecule has 0 spiro atoms. The summed E-state index contributed by atoms with van der Waals surface area (Å²) in [4.78, 5) is 24.8. The van der Waals surface area contributed by atoms with Gasteiger partial charge in [0, 0.05) is 0 Å². The molecule has 126 valence electrons. The molecule has 3 amide bonds. The van der Waals surface area contributed by atoms with Crippen LogP contribution in [0.4, 0.5) is 18.0 Å². The first kappa shape index (κ1) is 17.3. The number of amides is 3. The van der Waals surface area contributed by atoms with E-state index in [2.05, 4.69) is 5.32 Å². The molecule has 1 aromatic rings. The van der Waals surface area contributed by atoms with Gasteiger partial charge in [0.15, 0.2) is 6.10 Å². The molecule has 5 nitrogen and oxygen atoms in total. The largest absolute Gasteiger partial charge is 0.416 e. The van der Waals surface area contributed by atoms with Gasteiger partial charge >= 0.3 is 12.2 Å². The van der Waals surface area contributed by atoms with E-state index in [1.165, 1.54) is 6.92 Å². The van der Waals surface area contributed by atoms with Gasteiger partial charge in [-0.2, -0.15) is 13.2 Å². The lowest BCUT2D eigenvalue weighted by molar-refractivity contribution is -0.206. The van der Waals surface area contributed by atoms with Crippen molar-refractivity contribution in [3.05, 3.63) is 34.9 Å². The van der Waals surface area contributed by atoms with Gasteiger partial charge in [-0.3, -0.25) is 9.69 Å². The third-order valence-electron chi connectivity index (χ3n) is 3.93. The van der Waals surface area contributed by atoms with Crippen molar-refractivity contribution >= 4 is 11.9 Å². The number of benzene rings is 1. The first-order chi connectivity index (χ1) is 10.5. The summed E-state index contributed by atoms with van der Waals surface area (Å²) in [5.41, 5.74) is 0.737. The predicted octanol–water partition coefficient (Wildman–Crippen LogP) is 1.99. The Morgan fingerprint density at radius 1 is 1.30 bits per heavy atom. The van der Waals surface area contributed by atoms with Crippen LogP contribution in [-0.4, -0.2) is 40.8 Å². The third-order valence-corrected chi connectivity index (χ3v) is 3.93. The summed E-state index contributed by atoms with van der Waals surface area (Å²) in [6, 6.07) is 4.26. The minimum absolute atomic E-state index is 0.400. The van der Waals surface area contributed by atoms with Crippen LogP contribution in [0, 0.1) is 13.8 Å². The van der Waals surface area contributed by atoms with Gasteiger partial charge in [-0.25, -0.2) is 4.79 Å². The van der Waals surface area contributed by atoms with Crippen LogP contribution in [0.1, 0.15) is 23.6 Å². The van der Waals surface area contributed by atoms with Crippen molar-refractivity contribution in [2.24, 2.45) is 0 Å². The number of aliphatic hydroxyl groups is 1. The fraction of sp³-hybridized carbons (Fsp3) is 0.467. The molecule has 8 heteroatoms. The van der Waals surface area contributed by atoms with Gasteiger partial charge < -0.3 is 10.4 Å². The molecule has 0 saturated carbocycles. The van der Waals surface area contributed by atoms with Crippen molar-refractivity contribution in [3.63, 3.8) is 0 Å². The molecule has 2 rings (SSSR count). The number of nitrogens with zero attached hydrogens (tertiary/aromatic N) is 1. The minimum Gasteiger partial charge on any atom is -0.382 e. The zero-order chi connectivity index (χ0) is 17.6. The summed E-state index contributed by atoms with van der Waals surface area (Å²) in [5, 5.41) is 11.5. The first-order valence-corrected chi connectivity index (χ1v) is 6.93. The molecular formula is C15H17F3N2O3. The van der Waals surface area contributed by atoms with Crippen molar-refractivity contribution < 1.29 is 27.9 Å². The van der Waals surface area contributed by atoms with Crippen molar-refractivity contribution in [1.29, 1.82) is 0 Å². The number of alkyl halides is 3. The topological polar surface area (TPSA) is 69.6 Å². The van der Waals surface area contributed by atoms with Gasteiger partial charge in [0.2, 0.25) is 0 Å². The maximum absolute atomic E-state index is 12.5. The number of carbonyl (C=O) groups excluding carboxylic acids is 2. The van der Waals surface area contributed by atoms with Crippen LogP contribution in [0.5, 0.6) is 0 Å². The summed E-state index contributed by atoms with van der Waals surface area (Å²) in [5.74, 6) is -0.822. The normalized spacial score (nSPS) is 23.2. The van der Waals surface area contributed by atoms with Gasteiger partial charge in [0.05, 0.1) is 6.54 Å². The van der Waals surface area contributed by atoms with E-state index in [-0.39, 0.29) is 0 Å². The van der Waals surface area contributed by atoms with Crippen molar-refractivity contribution in [2.75, 3.05) is 6.54 Å². The van der Waals surface area contributed by atoms with E-state index in [1.807, 2.05) is 13.0 Å². The van der Waals surface area contributed by atoms with Gasteiger partial charge in [0.1, 0.15) is 5.54 Å². The molecule has 0 radical (unpaired) electrons. The van der Waals surface area contributed by atoms with Crippen molar-refractivity contribution in [1.82, 2.24) is 10.2 Å². The van der Waals surface area contributed by atoms with Crippen LogP contribution in [0.3, 0.4) is 0 Å². The van der Waals surface area contributed by atoms with Crippen LogP contribution in [-0.2, 0) is 10.3 Å². The molecule has 1 saturated heterocycles. The molecule has 1 aliphatic rings. The first-order valence-electron chi connectivity index (χ1n) is 6.93. The van der Waals surface area contributed by atoms with E-state index in [0.29, 0.717) is 10.5 Å². The molecule has 1 heterocycles. The zero-order valence-corrected chi connectivity index (χ0v) is 12.9. The predicted molar refractivity (Wildman–Crippen MR) is 75.6 cm³/mol. The Labute approximate surface area is 131 Å². The number of urea groups is 1. The lowest BCUT2D eigenvalue weighted by atomic mass is 9.87. The maximum Gasteiger partial charge on any atom is 0.416 e. The second kappa shape index (κ2) is 5.52. The average Bonchev–Trinajstić information content (AvgIpc) is 2.61. The van der Waals surface area contributed by atoms with Gasteiger partial charge in [-0.1, -0.05) is 23.8 Å². The Hall–Kier alpha value is -2.09. The Bertz CT molecular complexity index is 660. The summed E-state index contributed by atoms with van der Waals surface area (Å²) in [6.07, 6.45) is -7.68. The van der Waals surface area contributed by atoms with Crippen LogP contribution >= 0.6 is 0 Å². The molecule has 1 fully saturated rings. The number of aliphatic hydroxyl groups excluding tert-OH is 1. The second-order valence-electron chi connectivity index (χ2n) is 5.85. The molecule has 23 heavy (non-hydrogen) atoms. The van der Waals surface area contributed by atoms with E-state index < -0.39 is 36.3 Å². The summed E-state index contributed by atoms with van der Waals surface area (Å²) in [7, 11) is 0. The monoisotopic (exact) mass is 330 g/mol. The Balaban J connectivity index is 2.33. The highest BCUT2D eigenvalue weighted by Crippen LogP contribution is 2.32. The molecular weight excluding hydrogens is 313 g/mol. The highest BCUT2D eigenvalue weighted by molar-refractivity contribution is 6.07. The molecule has 2 N–H and O–H groups in total. The van der Waals surface area contributed by atoms with E-state index >= 15 is 0 Å². The average molecular weight is 330 g/mol. The molecule has 0 aromatic heterocycles. The quantitative estimate of drug-likeness (QED) is 0.833. The second-order valence-corrected chi connectivity index (χ2v) is 5.85. The number of carbonyl (C=O) groups is 2. The number of nitrogens with one attached hydrogen (secondary N) is 1. The number of aryl methyl sites for hydroxylation is 2. The summed E-state index contributed by atoms with van der Waals surface area (Å²) in [6.45, 7) is 3.92. The Morgan fingerprint density at radius 3 is 2.43 bits per heavy atom. The Kier molecular flexibility index (Phi) is 4.14. The van der Waals surface area contributed by atoms with Crippen LogP contribution in [0.25, 0.3) is 0 Å². The van der Waals surface area contributed by atoms with Gasteiger partial charge in [-0.15, -0.1) is 0 Å². The molecule has 0 unspecified atom stereocenters. The smallest absolute Gasteiger partial charge is 0.382 e. The highest BCUT2D eigenvalue weighted by atomic mass is 19.4. The number of imide groups is 1. The fourth-order valence-corrected chi connectivity index (χ4v) is 2.70. The van der Waals surface area contributed by atoms with Crippen LogP contribution < -0.4 is 5.32 Å². The standard InChI is InChI=1S/C15H17F3N2O3/c1-8-4-5-10(9(2)6-8)14(3)12(22)20(13(23)19-14)7-11(21)15(16,17)18/h4-6,11,21H,7H2,1-3H3,(H,19,23)/t11-,14+/m0/s1. The van der Waals surface area contributed by atoms with E-state index in [9.17, 15) is 22.8 Å². The van der Waals surface area contributed by atoms with Gasteiger partial charge in [-0.05, 0) is 31.9 Å². The number of rotatable bonds is 3. The van der Waals surface area contributed by atoms with E-state index in [1.54, 1.807) is 19.1 Å². The van der Waals surface area contributed by atoms with E-state index in [0.717, 1.165) is 11.1 Å². The summed E-state index contributed by atoms with van der Waals surface area (Å²) < 4.78 is 37.4. The minimum atomic E-state index is -4.90. The third kappa shape index (κ3) is 3.03. The molecule has 0 aliphatic carbocycles. The number of halogens is 3. The lowest BCUT2D eigenvalue weighted by Crippen LogP contribution is -2.45. The molecule has 0 bridgehead atoms. The molecule has 1 aliphatic heterocycles. The van der Waals surface area contributed by atoms with Gasteiger partial charge in [0.25, 0.3) is 5.91 Å². The van der Waals surface area contributed by atoms with Crippen molar-refractivity contribution in [2.45, 2.75) is 38.6 Å². The fourth-order valence-electron chi connectivity index (χ4n) is 2.70. The molecule has 1 aromatic carbocycles. The van der Waals surface area contributed by atoms with Crippen molar-refractivity contribution in [3.8, 4) is 0 Å². The highest BCUT2D eigenvalue weighted by Gasteiger charge is 2.52. The van der Waals surface area contributed by atoms with Crippen LogP contribution in [0.15, 0.2) is 18.2 Å². The SMILES string of the molecule is Cc1ccc([C@@]2(C)NC(=O)N(C[C@H](O)C(F)(F)F)C2=O)c(C)c1. The summed E-state index contributed by atoms with van der Waals surface area (Å²) >= 11 is 0. The van der Waals surface area contributed by atoms with Crippen LogP contribution in [0.2, 0.25) is 0 Å². The number of hydrogen-bond acceptors (Lipinski definition) is 3. The Morgan fingerprint density at radius 2 is 1.91 bits per heavy atom. The van der Waals surface area contributed by atoms with E-state index in [4.69, 9.17) is 5.11 Å². The maximum atomic E-state index is 12.5. The lowest BCUT2D eigenvalue weighted by Gasteiger charge is -2.25. The number of hydrogen-bond donors (Lipinski definition) is 2. The number of β-amino-alcohol motifs (C(OH)–C–C–N with tert-alkyl or cyclic N) is 1. The molecule has 2 atom stereocenters. The zero-order valence-electron chi connectivity index (χ0n) is 12.9.